The number of nitrogens with one attached hydrogen (secondary N) is 1. The van der Waals surface area contributed by atoms with Crippen molar-refractivity contribution >= 4 is 5.91 Å². The molecule has 0 aromatic carbocycles. The lowest BCUT2D eigenvalue weighted by atomic mass is 9.96. The molecule has 0 aromatic rings. The largest absolute Gasteiger partial charge is 0.394 e. The van der Waals surface area contributed by atoms with Gasteiger partial charge in [-0.3, -0.25) is 4.79 Å². The summed E-state index contributed by atoms with van der Waals surface area (Å²) in [7, 11) is 0. The second-order valence-electron chi connectivity index (χ2n) is 22.5. The lowest BCUT2D eigenvalue weighted by Gasteiger charge is -2.48. The first-order valence-electron chi connectivity index (χ1n) is 31.8. The van der Waals surface area contributed by atoms with E-state index in [1.165, 1.54) is 77.0 Å². The van der Waals surface area contributed by atoms with Gasteiger partial charge < -0.3 is 89.9 Å². The lowest BCUT2D eigenvalue weighted by Crippen LogP contribution is -2.66. The molecule has 17 unspecified atom stereocenters. The first kappa shape index (κ1) is 75.2. The second-order valence-corrected chi connectivity index (χ2v) is 22.5. The molecule has 12 N–H and O–H groups in total. The van der Waals surface area contributed by atoms with Crippen LogP contribution in [0.1, 0.15) is 187 Å². The third-order valence-electron chi connectivity index (χ3n) is 15.5. The molecule has 3 saturated heterocycles. The SMILES string of the molecule is CC/C=C\C/C=C\C/C=C\C/C=C\C/C=C\C/C=C\C/C=C\CCCC(=O)NC(COC1OC(CO)C(OC2OC(CO)C(OC3OC(CO)C(O)C(O)C3O)C(O)C2O)C(O)C1O)C(O)CCCCCCCCCCCCCCCCCC. The number of carbonyl (C=O) groups is 1. The van der Waals surface area contributed by atoms with E-state index in [4.69, 9.17) is 28.4 Å². The van der Waals surface area contributed by atoms with Gasteiger partial charge in [0.15, 0.2) is 18.9 Å². The van der Waals surface area contributed by atoms with Gasteiger partial charge in [0.2, 0.25) is 5.91 Å². The molecule has 19 heteroatoms. The molecule has 0 radical (unpaired) electrons. The molecule has 0 aromatic heterocycles. The monoisotopic (exact) mass is 1190 g/mol. The zero-order chi connectivity index (χ0) is 61.2. The van der Waals surface area contributed by atoms with E-state index >= 15 is 0 Å². The third-order valence-corrected chi connectivity index (χ3v) is 15.5. The highest BCUT2D eigenvalue weighted by atomic mass is 16.8. The molecule has 3 heterocycles. The van der Waals surface area contributed by atoms with Crippen molar-refractivity contribution in [1.29, 1.82) is 0 Å². The Morgan fingerprint density at radius 1 is 0.440 bits per heavy atom. The zero-order valence-electron chi connectivity index (χ0n) is 50.6. The van der Waals surface area contributed by atoms with E-state index in [1.807, 2.05) is 6.08 Å². The fourth-order valence-corrected chi connectivity index (χ4v) is 10.3. The quantitative estimate of drug-likeness (QED) is 0.0221. The summed E-state index contributed by atoms with van der Waals surface area (Å²) in [5.74, 6) is -0.304. The van der Waals surface area contributed by atoms with Crippen molar-refractivity contribution in [3.8, 4) is 0 Å². The van der Waals surface area contributed by atoms with Gasteiger partial charge in [-0.1, -0.05) is 202 Å². The van der Waals surface area contributed by atoms with E-state index in [-0.39, 0.29) is 18.9 Å². The molecule has 1 amide bonds. The van der Waals surface area contributed by atoms with E-state index in [0.29, 0.717) is 25.7 Å². The van der Waals surface area contributed by atoms with E-state index in [1.54, 1.807) is 0 Å². The second kappa shape index (κ2) is 47.0. The molecular weight excluding hydrogens is 1080 g/mol. The Kier molecular flexibility index (Phi) is 42.1. The first-order valence-corrected chi connectivity index (χ1v) is 31.8. The van der Waals surface area contributed by atoms with Crippen molar-refractivity contribution < 1.29 is 89.4 Å². The number of unbranched alkanes of at least 4 members (excludes halogenated alkanes) is 16. The van der Waals surface area contributed by atoms with Gasteiger partial charge in [0, 0.05) is 6.42 Å². The van der Waals surface area contributed by atoms with Crippen molar-refractivity contribution in [2.75, 3.05) is 26.4 Å². The highest BCUT2D eigenvalue weighted by Crippen LogP contribution is 2.33. The molecule has 17 atom stereocenters. The molecule has 0 aliphatic carbocycles. The predicted octanol–water partition coefficient (Wildman–Crippen LogP) is 6.76. The van der Waals surface area contributed by atoms with Crippen molar-refractivity contribution in [2.24, 2.45) is 0 Å². The van der Waals surface area contributed by atoms with Crippen LogP contribution in [0.3, 0.4) is 0 Å². The zero-order valence-corrected chi connectivity index (χ0v) is 50.6. The summed E-state index contributed by atoms with van der Waals surface area (Å²) in [6, 6.07) is -0.923. The molecule has 3 aliphatic heterocycles. The molecule has 3 rings (SSSR count). The van der Waals surface area contributed by atoms with E-state index in [9.17, 15) is 61.0 Å². The number of rotatable bonds is 46. The number of ether oxygens (including phenoxy) is 6. The Labute approximate surface area is 501 Å². The fourth-order valence-electron chi connectivity index (χ4n) is 10.3. The molecule has 0 saturated carbocycles. The summed E-state index contributed by atoms with van der Waals surface area (Å²) in [5, 5.41) is 120. The Hall–Kier alpha value is -3.03. The molecule has 0 bridgehead atoms. The van der Waals surface area contributed by atoms with Gasteiger partial charge in [0.25, 0.3) is 0 Å². The van der Waals surface area contributed by atoms with E-state index in [2.05, 4.69) is 98.2 Å². The number of allylic oxidation sites excluding steroid dienone is 14. The molecule has 3 fully saturated rings. The first-order chi connectivity index (χ1) is 40.8. The van der Waals surface area contributed by atoms with Gasteiger partial charge in [-0.2, -0.15) is 0 Å². The maximum atomic E-state index is 13.4. The highest BCUT2D eigenvalue weighted by Gasteiger charge is 2.53. The summed E-state index contributed by atoms with van der Waals surface area (Å²) in [4.78, 5) is 13.4. The van der Waals surface area contributed by atoms with Crippen LogP contribution in [0.15, 0.2) is 85.1 Å². The van der Waals surface area contributed by atoms with Crippen LogP contribution in [0.5, 0.6) is 0 Å². The van der Waals surface area contributed by atoms with Crippen molar-refractivity contribution in [3.63, 3.8) is 0 Å². The van der Waals surface area contributed by atoms with Gasteiger partial charge in [0.05, 0.1) is 38.6 Å². The van der Waals surface area contributed by atoms with Crippen LogP contribution in [0.25, 0.3) is 0 Å². The van der Waals surface area contributed by atoms with Gasteiger partial charge >= 0.3 is 0 Å². The van der Waals surface area contributed by atoms with E-state index in [0.717, 1.165) is 64.2 Å². The lowest BCUT2D eigenvalue weighted by molar-refractivity contribution is -0.379. The van der Waals surface area contributed by atoms with Crippen molar-refractivity contribution in [3.05, 3.63) is 85.1 Å². The number of carbonyl (C=O) groups excluding carboxylic acids is 1. The van der Waals surface area contributed by atoms with Crippen LogP contribution >= 0.6 is 0 Å². The molecule has 3 aliphatic rings. The number of aliphatic hydroxyl groups excluding tert-OH is 11. The van der Waals surface area contributed by atoms with Crippen LogP contribution in [-0.2, 0) is 33.2 Å². The molecule has 0 spiro atoms. The fraction of sp³-hybridized carbons (Fsp3) is 0.769. The summed E-state index contributed by atoms with van der Waals surface area (Å²) in [5.41, 5.74) is 0. The molecule has 484 valence electrons. The Bertz CT molecular complexity index is 1860. The summed E-state index contributed by atoms with van der Waals surface area (Å²) < 4.78 is 34.3. The van der Waals surface area contributed by atoms with Gasteiger partial charge in [-0.25, -0.2) is 0 Å². The minimum atomic E-state index is -1.98. The Morgan fingerprint density at radius 2 is 0.810 bits per heavy atom. The van der Waals surface area contributed by atoms with Gasteiger partial charge in [-0.05, 0) is 64.2 Å². The maximum Gasteiger partial charge on any atom is 0.220 e. The van der Waals surface area contributed by atoms with Gasteiger partial charge in [-0.15, -0.1) is 0 Å². The van der Waals surface area contributed by atoms with E-state index < -0.39 is 124 Å². The standard InChI is InChI=1S/C65H111NO18/c1-3-5-7-9-11-13-15-17-19-21-22-23-24-25-26-27-29-31-33-35-37-39-41-43-53(71)66-48(49(70)42-40-38-36-34-32-30-28-20-18-16-14-12-10-8-6-4-2)47-79-63-59(77)56(74)61(51(45-68)81-63)84-65-60(78)57(75)62(52(46-69)82-65)83-64-58(76)55(73)54(72)50(44-67)80-64/h5,7,11,13,17,19,22-23,25-26,29,31,35,37,48-52,54-65,67-70,72-78H,3-4,6,8-10,12,14-16,18,20-21,24,27-28,30,32-34,36,38-47H2,1-2H3,(H,66,71)/b7-5-,13-11-,19-17-,23-22-,26-25-,31-29-,37-35-. The summed E-state index contributed by atoms with van der Waals surface area (Å²) in [6.07, 6.45) is 30.9. The third kappa shape index (κ3) is 29.8. The van der Waals surface area contributed by atoms with Gasteiger partial charge in [0.1, 0.15) is 73.2 Å². The maximum absolute atomic E-state index is 13.4. The molecular formula is C65H111NO18. The van der Waals surface area contributed by atoms with Crippen LogP contribution in [0.2, 0.25) is 0 Å². The number of hydrogen-bond acceptors (Lipinski definition) is 18. The summed E-state index contributed by atoms with van der Waals surface area (Å²) in [6.45, 7) is 1.62. The Morgan fingerprint density at radius 3 is 1.24 bits per heavy atom. The number of amides is 1. The van der Waals surface area contributed by atoms with Crippen molar-refractivity contribution in [2.45, 2.75) is 291 Å². The normalized spacial score (nSPS) is 29.8. The van der Waals surface area contributed by atoms with Crippen molar-refractivity contribution in [1.82, 2.24) is 5.32 Å². The minimum Gasteiger partial charge on any atom is -0.394 e. The number of aliphatic hydroxyl groups is 11. The topological polar surface area (TPSA) is 307 Å². The average molecular weight is 1190 g/mol. The van der Waals surface area contributed by atoms with Crippen LogP contribution < -0.4 is 5.32 Å². The molecule has 84 heavy (non-hydrogen) atoms. The smallest absolute Gasteiger partial charge is 0.220 e. The summed E-state index contributed by atoms with van der Waals surface area (Å²) >= 11 is 0. The predicted molar refractivity (Wildman–Crippen MR) is 323 cm³/mol. The molecule has 19 nitrogen and oxygen atoms in total. The average Bonchev–Trinajstić information content (AvgIpc) is 3.69. The van der Waals surface area contributed by atoms with Crippen LogP contribution in [0, 0.1) is 0 Å². The number of hydrogen-bond donors (Lipinski definition) is 12. The van der Waals surface area contributed by atoms with Crippen LogP contribution in [0.4, 0.5) is 0 Å². The minimum absolute atomic E-state index is 0.181. The highest BCUT2D eigenvalue weighted by molar-refractivity contribution is 5.76. The Balaban J connectivity index is 1.49. The van der Waals surface area contributed by atoms with Crippen LogP contribution in [-0.4, -0.2) is 193 Å².